The van der Waals surface area contributed by atoms with E-state index in [1.165, 1.54) is 30.5 Å². The molecule has 0 saturated heterocycles. The monoisotopic (exact) mass is 470 g/mol. The number of nitrogens with two attached hydrogens (primary N) is 1. The van der Waals surface area contributed by atoms with Crippen molar-refractivity contribution in [2.75, 3.05) is 5.73 Å². The molecule has 3 rings (SSSR count). The molecule has 0 fully saturated rings. The number of nitrogen functional groups attached to an aromatic ring is 1. The first-order valence-corrected chi connectivity index (χ1v) is 11.0. The zero-order chi connectivity index (χ0) is 24.8. The van der Waals surface area contributed by atoms with Crippen LogP contribution in [0.3, 0.4) is 0 Å². The van der Waals surface area contributed by atoms with Crippen LogP contribution in [0, 0.1) is 11.7 Å². The zero-order valence-corrected chi connectivity index (χ0v) is 19.2. The van der Waals surface area contributed by atoms with Gasteiger partial charge in [-0.25, -0.2) is 9.37 Å². The number of Topliss-reactive ketones (excluding diaryl/α,β-unsaturated/α-hetero) is 1. The maximum absolute atomic E-state index is 13.3. The van der Waals surface area contributed by atoms with Crippen LogP contribution in [0.4, 0.5) is 10.1 Å². The molecule has 2 aromatic heterocycles. The Morgan fingerprint density at radius 2 is 1.91 bits per heavy atom. The van der Waals surface area contributed by atoms with Crippen molar-refractivity contribution < 1.29 is 18.4 Å². The summed E-state index contributed by atoms with van der Waals surface area (Å²) in [6.45, 7) is 5.09. The summed E-state index contributed by atoms with van der Waals surface area (Å²) in [4.78, 5) is 42.7. The van der Waals surface area contributed by atoms with Crippen LogP contribution in [0.15, 0.2) is 39.7 Å². The highest BCUT2D eigenvalue weighted by molar-refractivity contribution is 5.98. The largest absolute Gasteiger partial charge is 0.418 e. The van der Waals surface area contributed by atoms with Gasteiger partial charge in [-0.2, -0.15) is 0 Å². The van der Waals surface area contributed by atoms with E-state index in [1.54, 1.807) is 13.8 Å². The Balaban J connectivity index is 1.82. The van der Waals surface area contributed by atoms with Crippen LogP contribution in [0.25, 0.3) is 11.4 Å². The van der Waals surface area contributed by atoms with E-state index >= 15 is 0 Å². The van der Waals surface area contributed by atoms with Gasteiger partial charge in [0.1, 0.15) is 23.9 Å². The van der Waals surface area contributed by atoms with Crippen molar-refractivity contribution in [2.24, 2.45) is 5.92 Å². The summed E-state index contributed by atoms with van der Waals surface area (Å²) in [6.07, 6.45) is 3.53. The maximum Gasteiger partial charge on any atom is 0.286 e. The van der Waals surface area contributed by atoms with Gasteiger partial charge in [-0.3, -0.25) is 19.0 Å². The number of nitrogens with one attached hydrogen (secondary N) is 1. The maximum atomic E-state index is 13.3. The number of aryl methyl sites for hydroxylation is 1. The van der Waals surface area contributed by atoms with E-state index in [-0.39, 0.29) is 23.3 Å². The van der Waals surface area contributed by atoms with Crippen LogP contribution >= 0.6 is 0 Å². The number of nitrogens with zero attached hydrogens (tertiary/aromatic N) is 4. The van der Waals surface area contributed by atoms with Crippen LogP contribution < -0.4 is 16.6 Å². The number of ketones is 1. The Morgan fingerprint density at radius 1 is 1.21 bits per heavy atom. The molecule has 34 heavy (non-hydrogen) atoms. The van der Waals surface area contributed by atoms with Crippen LogP contribution in [-0.2, 0) is 17.8 Å². The molecule has 0 unspecified atom stereocenters. The third-order valence-electron chi connectivity index (χ3n) is 5.17. The van der Waals surface area contributed by atoms with Crippen LogP contribution in [0.1, 0.15) is 50.2 Å². The molecule has 0 aliphatic carbocycles. The summed E-state index contributed by atoms with van der Waals surface area (Å²) in [5.74, 6) is -1.57. The lowest BCUT2D eigenvalue weighted by Gasteiger charge is -2.20. The fourth-order valence-corrected chi connectivity index (χ4v) is 3.30. The average molecular weight is 471 g/mol. The number of unbranched alkanes of at least 4 members (excludes halogenated alkanes) is 1. The zero-order valence-electron chi connectivity index (χ0n) is 19.2. The van der Waals surface area contributed by atoms with Crippen LogP contribution in [-0.4, -0.2) is 37.5 Å². The quantitative estimate of drug-likeness (QED) is 0.430. The van der Waals surface area contributed by atoms with Crippen molar-refractivity contribution in [3.05, 3.63) is 58.4 Å². The molecule has 11 heteroatoms. The van der Waals surface area contributed by atoms with Gasteiger partial charge in [-0.1, -0.05) is 27.2 Å². The number of anilines is 1. The van der Waals surface area contributed by atoms with Gasteiger partial charge in [0.25, 0.3) is 11.4 Å². The summed E-state index contributed by atoms with van der Waals surface area (Å²) in [6, 6.07) is 4.36. The molecule has 0 saturated carbocycles. The van der Waals surface area contributed by atoms with Gasteiger partial charge in [-0.05, 0) is 36.6 Å². The fourth-order valence-electron chi connectivity index (χ4n) is 3.30. The average Bonchev–Trinajstić information content (AvgIpc) is 3.28. The number of halogens is 1. The molecule has 0 radical (unpaired) electrons. The van der Waals surface area contributed by atoms with E-state index in [0.29, 0.717) is 17.9 Å². The van der Waals surface area contributed by atoms with Gasteiger partial charge in [0.05, 0.1) is 12.2 Å². The Kier molecular flexibility index (Phi) is 7.87. The molecule has 1 aromatic carbocycles. The third-order valence-corrected chi connectivity index (χ3v) is 5.17. The predicted octanol–water partition coefficient (Wildman–Crippen LogP) is 2.38. The second kappa shape index (κ2) is 10.8. The number of hydrogen-bond donors (Lipinski definition) is 2. The topological polar surface area (TPSA) is 146 Å². The Bertz CT molecular complexity index is 1220. The van der Waals surface area contributed by atoms with Gasteiger partial charge in [0.15, 0.2) is 0 Å². The Labute approximate surface area is 195 Å². The Hall–Kier alpha value is -3.89. The predicted molar refractivity (Wildman–Crippen MR) is 122 cm³/mol. The lowest BCUT2D eigenvalue weighted by Crippen LogP contribution is -2.46. The van der Waals surface area contributed by atoms with Gasteiger partial charge in [-0.15, -0.1) is 10.2 Å². The molecular weight excluding hydrogens is 443 g/mol. The molecule has 3 N–H and O–H groups in total. The smallest absolute Gasteiger partial charge is 0.286 e. The molecule has 3 aromatic rings. The molecule has 0 aliphatic heterocycles. The lowest BCUT2D eigenvalue weighted by molar-refractivity contribution is -0.122. The number of aromatic nitrogens is 4. The molecule has 1 atom stereocenters. The lowest BCUT2D eigenvalue weighted by atomic mass is 9.99. The highest BCUT2D eigenvalue weighted by Gasteiger charge is 2.30. The van der Waals surface area contributed by atoms with Gasteiger partial charge < -0.3 is 15.5 Å². The first-order valence-electron chi connectivity index (χ1n) is 11.0. The van der Waals surface area contributed by atoms with E-state index in [4.69, 9.17) is 10.2 Å². The molecule has 0 aliphatic rings. The third kappa shape index (κ3) is 5.72. The van der Waals surface area contributed by atoms with Crippen LogP contribution in [0.5, 0.6) is 0 Å². The number of rotatable bonds is 10. The molecular formula is C23H27FN6O4. The summed E-state index contributed by atoms with van der Waals surface area (Å²) in [7, 11) is 0. The summed E-state index contributed by atoms with van der Waals surface area (Å²) < 4.78 is 19.9. The molecule has 1 amide bonds. The number of benzene rings is 1. The molecule has 2 heterocycles. The van der Waals surface area contributed by atoms with Gasteiger partial charge in [0, 0.05) is 12.0 Å². The number of hydrogen-bond acceptors (Lipinski definition) is 8. The number of carbonyl (C=O) groups is 2. The van der Waals surface area contributed by atoms with Crippen molar-refractivity contribution >= 4 is 17.4 Å². The second-order valence-corrected chi connectivity index (χ2v) is 8.19. The standard InChI is InChI=1S/C23H27FN6O4/c1-4-5-6-18-28-29-22(34-18)20(32)19(13(2)3)27-17(31)12-30-21(26-11-16(25)23(30)33)14-7-9-15(24)10-8-14/h7-11,13,19H,4-6,12,25H2,1-3H3,(H,27,31)/t19-/m0/s1. The number of amides is 1. The summed E-state index contributed by atoms with van der Waals surface area (Å²) >= 11 is 0. The highest BCUT2D eigenvalue weighted by Crippen LogP contribution is 2.17. The SMILES string of the molecule is CCCCc1nnc(C(=O)[C@@H](NC(=O)Cn2c(-c3ccc(F)cc3)ncc(N)c2=O)C(C)C)o1. The van der Waals surface area contributed by atoms with Crippen molar-refractivity contribution in [1.82, 2.24) is 25.1 Å². The molecule has 0 bridgehead atoms. The minimum Gasteiger partial charge on any atom is -0.418 e. The van der Waals surface area contributed by atoms with Gasteiger partial charge in [0.2, 0.25) is 17.6 Å². The second-order valence-electron chi connectivity index (χ2n) is 8.19. The first-order chi connectivity index (χ1) is 16.2. The summed E-state index contributed by atoms with van der Waals surface area (Å²) in [5, 5.41) is 10.4. The van der Waals surface area contributed by atoms with Crippen molar-refractivity contribution in [1.29, 1.82) is 0 Å². The molecule has 10 nitrogen and oxygen atoms in total. The summed E-state index contributed by atoms with van der Waals surface area (Å²) in [5.41, 5.74) is 5.35. The minimum atomic E-state index is -0.953. The first kappa shape index (κ1) is 24.7. The van der Waals surface area contributed by atoms with E-state index in [9.17, 15) is 18.8 Å². The van der Waals surface area contributed by atoms with E-state index < -0.39 is 35.7 Å². The van der Waals surface area contributed by atoms with Crippen LogP contribution in [0.2, 0.25) is 0 Å². The van der Waals surface area contributed by atoms with E-state index in [0.717, 1.165) is 17.4 Å². The highest BCUT2D eigenvalue weighted by atomic mass is 19.1. The molecule has 180 valence electrons. The Morgan fingerprint density at radius 3 is 2.56 bits per heavy atom. The van der Waals surface area contributed by atoms with Gasteiger partial charge >= 0.3 is 0 Å². The molecule has 0 spiro atoms. The number of carbonyl (C=O) groups excluding carboxylic acids is 2. The van der Waals surface area contributed by atoms with E-state index in [2.05, 4.69) is 20.5 Å². The fraction of sp³-hybridized carbons (Fsp3) is 0.391. The minimum absolute atomic E-state index is 0.138. The van der Waals surface area contributed by atoms with E-state index in [1.807, 2.05) is 6.92 Å². The van der Waals surface area contributed by atoms with Crippen molar-refractivity contribution in [3.63, 3.8) is 0 Å². The van der Waals surface area contributed by atoms with Crippen molar-refractivity contribution in [2.45, 2.75) is 52.6 Å². The van der Waals surface area contributed by atoms with Crippen molar-refractivity contribution in [3.8, 4) is 11.4 Å². The normalized spacial score (nSPS) is 12.0.